The lowest BCUT2D eigenvalue weighted by atomic mass is 9.84. The van der Waals surface area contributed by atoms with Gasteiger partial charge in [-0.1, -0.05) is 6.07 Å². The molecule has 1 atom stereocenters. The molecule has 0 saturated carbocycles. The van der Waals surface area contributed by atoms with Gasteiger partial charge in [-0.15, -0.1) is 12.4 Å². The van der Waals surface area contributed by atoms with Gasteiger partial charge >= 0.3 is 0 Å². The highest BCUT2D eigenvalue weighted by Gasteiger charge is 2.36. The number of carbonyl (C=O) groups excluding carboxylic acids is 1. The fourth-order valence-electron chi connectivity index (χ4n) is 4.53. The molecule has 3 aliphatic heterocycles. The molecule has 31 heavy (non-hydrogen) atoms. The standard InChI is InChI=1S/C22H22F2N4O2.ClH/c1-12-22(29)27-26-20-11-30-19-10-15(21-16(23)3-2-4-17(21)24)14(9-18(19)28(12)20)13-5-7-25-8-6-13;/h2-4,9-10,12-13,25H,5-8,11H2,1H3,(H,27,29);1H/t12-;/m1./s1. The van der Waals surface area contributed by atoms with Crippen LogP contribution in [0.4, 0.5) is 14.5 Å². The molecule has 1 saturated heterocycles. The third kappa shape index (κ3) is 3.64. The van der Waals surface area contributed by atoms with E-state index < -0.39 is 17.7 Å². The Morgan fingerprint density at radius 3 is 2.58 bits per heavy atom. The molecular formula is C22H23ClF2N4O2. The van der Waals surface area contributed by atoms with Gasteiger partial charge in [0.15, 0.2) is 5.84 Å². The van der Waals surface area contributed by atoms with Crippen LogP contribution in [0.2, 0.25) is 0 Å². The molecule has 3 aliphatic rings. The molecule has 6 nitrogen and oxygen atoms in total. The summed E-state index contributed by atoms with van der Waals surface area (Å²) in [5.41, 5.74) is 4.54. The van der Waals surface area contributed by atoms with Crippen LogP contribution in [0.5, 0.6) is 5.75 Å². The number of nitrogens with one attached hydrogen (secondary N) is 2. The van der Waals surface area contributed by atoms with Gasteiger partial charge in [-0.25, -0.2) is 14.2 Å². The number of nitrogens with zero attached hydrogens (tertiary/aromatic N) is 2. The maximum absolute atomic E-state index is 14.7. The van der Waals surface area contributed by atoms with Crippen LogP contribution in [-0.4, -0.2) is 37.5 Å². The highest BCUT2D eigenvalue weighted by Crippen LogP contribution is 2.45. The maximum Gasteiger partial charge on any atom is 0.262 e. The number of piperidine rings is 1. The van der Waals surface area contributed by atoms with Crippen molar-refractivity contribution in [2.45, 2.75) is 31.7 Å². The molecule has 0 radical (unpaired) electrons. The number of hydrazone groups is 1. The number of ether oxygens (including phenoxy) is 1. The van der Waals surface area contributed by atoms with E-state index in [0.717, 1.165) is 31.5 Å². The molecule has 1 fully saturated rings. The second kappa shape index (κ2) is 8.43. The van der Waals surface area contributed by atoms with Gasteiger partial charge in [0.2, 0.25) is 0 Å². The number of anilines is 1. The minimum Gasteiger partial charge on any atom is -0.483 e. The highest BCUT2D eigenvalue weighted by molar-refractivity contribution is 6.09. The average Bonchev–Trinajstić information content (AvgIpc) is 2.76. The number of fused-ring (bicyclic) bond motifs is 3. The lowest BCUT2D eigenvalue weighted by Gasteiger charge is -2.39. The van der Waals surface area contributed by atoms with E-state index in [0.29, 0.717) is 22.8 Å². The summed E-state index contributed by atoms with van der Waals surface area (Å²) >= 11 is 0. The minimum atomic E-state index is -0.603. The van der Waals surface area contributed by atoms with E-state index in [1.807, 2.05) is 11.0 Å². The van der Waals surface area contributed by atoms with Crippen molar-refractivity contribution in [1.29, 1.82) is 0 Å². The lowest BCUT2D eigenvalue weighted by molar-refractivity contribution is -0.122. The molecule has 2 aromatic rings. The van der Waals surface area contributed by atoms with Gasteiger partial charge in [-0.05, 0) is 74.2 Å². The summed E-state index contributed by atoms with van der Waals surface area (Å²) in [4.78, 5) is 14.1. The van der Waals surface area contributed by atoms with Crippen molar-refractivity contribution in [2.75, 3.05) is 24.6 Å². The van der Waals surface area contributed by atoms with Crippen molar-refractivity contribution in [2.24, 2.45) is 5.10 Å². The molecule has 9 heteroatoms. The van der Waals surface area contributed by atoms with Crippen LogP contribution >= 0.6 is 12.4 Å². The van der Waals surface area contributed by atoms with Crippen molar-refractivity contribution >= 4 is 29.8 Å². The number of carbonyl (C=O) groups is 1. The molecule has 1 amide bonds. The third-order valence-corrected chi connectivity index (χ3v) is 6.10. The zero-order valence-corrected chi connectivity index (χ0v) is 17.8. The summed E-state index contributed by atoms with van der Waals surface area (Å²) in [7, 11) is 0. The van der Waals surface area contributed by atoms with E-state index in [1.165, 1.54) is 18.2 Å². The Morgan fingerprint density at radius 2 is 1.87 bits per heavy atom. The summed E-state index contributed by atoms with van der Waals surface area (Å²) in [5, 5.41) is 7.45. The van der Waals surface area contributed by atoms with Gasteiger partial charge < -0.3 is 15.0 Å². The molecule has 0 bridgehead atoms. The predicted molar refractivity (Wildman–Crippen MR) is 117 cm³/mol. The number of hydrogen-bond donors (Lipinski definition) is 2. The van der Waals surface area contributed by atoms with E-state index in [9.17, 15) is 13.6 Å². The first-order valence-corrected chi connectivity index (χ1v) is 10.2. The Labute approximate surface area is 185 Å². The first-order valence-electron chi connectivity index (χ1n) is 10.2. The predicted octanol–water partition coefficient (Wildman–Crippen LogP) is 3.55. The summed E-state index contributed by atoms with van der Waals surface area (Å²) in [5.74, 6) is -0.176. The Kier molecular flexibility index (Phi) is 5.85. The molecule has 164 valence electrons. The van der Waals surface area contributed by atoms with Crippen LogP contribution in [0.3, 0.4) is 0 Å². The summed E-state index contributed by atoms with van der Waals surface area (Å²) in [6.45, 7) is 3.65. The number of rotatable bonds is 2. The Morgan fingerprint density at radius 1 is 1.16 bits per heavy atom. The topological polar surface area (TPSA) is 66.0 Å². The number of halogens is 3. The second-order valence-electron chi connectivity index (χ2n) is 7.87. The van der Waals surface area contributed by atoms with E-state index >= 15 is 0 Å². The van der Waals surface area contributed by atoms with Crippen molar-refractivity contribution in [3.05, 3.63) is 47.5 Å². The molecule has 5 rings (SSSR count). The second-order valence-corrected chi connectivity index (χ2v) is 7.87. The monoisotopic (exact) mass is 448 g/mol. The molecule has 0 aliphatic carbocycles. The van der Waals surface area contributed by atoms with E-state index in [-0.39, 0.29) is 36.4 Å². The van der Waals surface area contributed by atoms with Crippen molar-refractivity contribution in [3.8, 4) is 16.9 Å². The number of amidine groups is 1. The highest BCUT2D eigenvalue weighted by atomic mass is 35.5. The quantitative estimate of drug-likeness (QED) is 0.737. The van der Waals surface area contributed by atoms with E-state index in [2.05, 4.69) is 15.8 Å². The molecule has 0 aromatic heterocycles. The van der Waals surface area contributed by atoms with Crippen LogP contribution in [0, 0.1) is 11.6 Å². The zero-order valence-electron chi connectivity index (χ0n) is 17.0. The van der Waals surface area contributed by atoms with Gasteiger partial charge in [-0.3, -0.25) is 4.79 Å². The number of benzene rings is 2. The Balaban J connectivity index is 0.00000231. The SMILES string of the molecule is C[C@@H]1C(=O)NN=C2COc3cc(-c4c(F)cccc4F)c(C4CCNCC4)cc3N21.Cl. The summed E-state index contributed by atoms with van der Waals surface area (Å²) in [6.07, 6.45) is 1.72. The molecule has 0 unspecified atom stereocenters. The van der Waals surface area contributed by atoms with E-state index in [4.69, 9.17) is 4.74 Å². The van der Waals surface area contributed by atoms with Crippen LogP contribution in [0.15, 0.2) is 35.4 Å². The van der Waals surface area contributed by atoms with Gasteiger partial charge in [0.25, 0.3) is 5.91 Å². The van der Waals surface area contributed by atoms with Gasteiger partial charge in [0, 0.05) is 0 Å². The first-order chi connectivity index (χ1) is 14.5. The fourth-order valence-corrected chi connectivity index (χ4v) is 4.53. The fraction of sp³-hybridized carbons (Fsp3) is 0.364. The smallest absolute Gasteiger partial charge is 0.262 e. The summed E-state index contributed by atoms with van der Waals surface area (Å²) in [6, 6.07) is 7.08. The zero-order chi connectivity index (χ0) is 20.8. The van der Waals surface area contributed by atoms with Gasteiger partial charge in [0.05, 0.1) is 11.3 Å². The van der Waals surface area contributed by atoms with Crippen LogP contribution in [0.25, 0.3) is 11.1 Å². The van der Waals surface area contributed by atoms with Crippen LogP contribution in [0.1, 0.15) is 31.2 Å². The van der Waals surface area contributed by atoms with Crippen molar-refractivity contribution in [1.82, 2.24) is 10.7 Å². The molecule has 3 heterocycles. The Hall–Kier alpha value is -2.71. The lowest BCUT2D eigenvalue weighted by Crippen LogP contribution is -2.55. The first kappa shape index (κ1) is 21.5. The van der Waals surface area contributed by atoms with Crippen LogP contribution in [-0.2, 0) is 4.79 Å². The van der Waals surface area contributed by atoms with Crippen molar-refractivity contribution < 1.29 is 18.3 Å². The van der Waals surface area contributed by atoms with Crippen molar-refractivity contribution in [3.63, 3.8) is 0 Å². The molecule has 0 spiro atoms. The molecule has 2 aromatic carbocycles. The number of amides is 1. The maximum atomic E-state index is 14.7. The molecule has 2 N–H and O–H groups in total. The van der Waals surface area contributed by atoms with Gasteiger partial charge in [-0.2, -0.15) is 5.10 Å². The minimum absolute atomic E-state index is 0. The Bertz CT molecular complexity index is 1040. The summed E-state index contributed by atoms with van der Waals surface area (Å²) < 4.78 is 35.3. The normalized spacial score (nSPS) is 20.6. The van der Waals surface area contributed by atoms with Crippen LogP contribution < -0.4 is 20.4 Å². The molecular weight excluding hydrogens is 426 g/mol. The largest absolute Gasteiger partial charge is 0.483 e. The average molecular weight is 449 g/mol. The third-order valence-electron chi connectivity index (χ3n) is 6.10. The van der Waals surface area contributed by atoms with E-state index in [1.54, 1.807) is 13.0 Å². The number of hydrogen-bond acceptors (Lipinski definition) is 5. The van der Waals surface area contributed by atoms with Gasteiger partial charge in [0.1, 0.15) is 30.0 Å².